The molecule has 0 aromatic heterocycles. The Morgan fingerprint density at radius 3 is 1.43 bits per heavy atom. The van der Waals surface area contributed by atoms with Crippen molar-refractivity contribution in [2.24, 2.45) is 0 Å². The summed E-state index contributed by atoms with van der Waals surface area (Å²) in [6.07, 6.45) is 45.9. The Labute approximate surface area is 284 Å². The fourth-order valence-corrected chi connectivity index (χ4v) is 5.21. The van der Waals surface area contributed by atoms with Gasteiger partial charge in [0.2, 0.25) is 0 Å². The highest BCUT2D eigenvalue weighted by Crippen LogP contribution is 2.13. The molecule has 0 unspecified atom stereocenters. The predicted molar refractivity (Wildman–Crippen MR) is 196 cm³/mol. The van der Waals surface area contributed by atoms with Gasteiger partial charge in [0.15, 0.2) is 6.10 Å². The van der Waals surface area contributed by atoms with Gasteiger partial charge in [-0.05, 0) is 70.6 Å². The maximum Gasteiger partial charge on any atom is 0.306 e. The molecule has 0 amide bonds. The van der Waals surface area contributed by atoms with E-state index < -0.39 is 6.10 Å². The molecule has 5 heteroatoms. The molecular weight excluding hydrogens is 572 g/mol. The van der Waals surface area contributed by atoms with E-state index in [1.54, 1.807) is 0 Å². The van der Waals surface area contributed by atoms with Crippen molar-refractivity contribution in [1.29, 1.82) is 0 Å². The number of esters is 2. The second-order valence-electron chi connectivity index (χ2n) is 12.6. The number of ether oxygens (including phenoxy) is 2. The zero-order valence-electron chi connectivity index (χ0n) is 30.1. The van der Waals surface area contributed by atoms with Crippen LogP contribution in [0.5, 0.6) is 0 Å². The van der Waals surface area contributed by atoms with E-state index in [-0.39, 0.29) is 25.2 Å². The minimum Gasteiger partial charge on any atom is -0.462 e. The summed E-state index contributed by atoms with van der Waals surface area (Å²) >= 11 is 0. The first-order chi connectivity index (χ1) is 22.6. The van der Waals surface area contributed by atoms with Crippen LogP contribution in [0.15, 0.2) is 48.6 Å². The Kier molecular flexibility index (Phi) is 35.6. The molecule has 0 rings (SSSR count). The lowest BCUT2D eigenvalue weighted by Crippen LogP contribution is -2.28. The first kappa shape index (κ1) is 43.9. The predicted octanol–water partition coefficient (Wildman–Crippen LogP) is 11.8. The number of hydrogen-bond donors (Lipinski definition) is 1. The molecule has 0 saturated heterocycles. The van der Waals surface area contributed by atoms with Crippen LogP contribution in [-0.4, -0.2) is 36.4 Å². The van der Waals surface area contributed by atoms with Gasteiger partial charge in [0.05, 0.1) is 6.61 Å². The molecule has 0 aromatic carbocycles. The molecule has 1 N–H and O–H groups in total. The Morgan fingerprint density at radius 1 is 0.522 bits per heavy atom. The molecule has 0 spiro atoms. The Hall–Kier alpha value is -2.14. The molecule has 266 valence electrons. The monoisotopic (exact) mass is 645 g/mol. The maximum atomic E-state index is 12.2. The zero-order chi connectivity index (χ0) is 33.6. The quantitative estimate of drug-likeness (QED) is 0.0429. The molecule has 0 aliphatic rings. The van der Waals surface area contributed by atoms with Crippen molar-refractivity contribution < 1.29 is 24.2 Å². The van der Waals surface area contributed by atoms with E-state index >= 15 is 0 Å². The molecule has 1 atom stereocenters. The van der Waals surface area contributed by atoms with Crippen LogP contribution >= 0.6 is 0 Å². The Balaban J connectivity index is 3.59. The Bertz CT molecular complexity index is 782. The summed E-state index contributed by atoms with van der Waals surface area (Å²) in [4.78, 5) is 24.2. The largest absolute Gasteiger partial charge is 0.462 e. The molecule has 0 aromatic rings. The van der Waals surface area contributed by atoms with E-state index in [4.69, 9.17) is 9.47 Å². The van der Waals surface area contributed by atoms with Crippen molar-refractivity contribution in [1.82, 2.24) is 0 Å². The summed E-state index contributed by atoms with van der Waals surface area (Å²) in [5.74, 6) is -0.617. The number of rotatable bonds is 34. The normalized spacial score (nSPS) is 12.7. The topological polar surface area (TPSA) is 72.8 Å². The van der Waals surface area contributed by atoms with Gasteiger partial charge in [-0.15, -0.1) is 0 Å². The third kappa shape index (κ3) is 34.7. The van der Waals surface area contributed by atoms with Gasteiger partial charge in [-0.3, -0.25) is 9.59 Å². The summed E-state index contributed by atoms with van der Waals surface area (Å²) in [6.45, 7) is 4.00. The number of aliphatic hydroxyl groups is 1. The minimum atomic E-state index is -0.780. The number of hydrogen-bond acceptors (Lipinski definition) is 5. The van der Waals surface area contributed by atoms with Crippen molar-refractivity contribution in [2.75, 3.05) is 13.2 Å². The summed E-state index contributed by atoms with van der Waals surface area (Å²) in [6, 6.07) is 0. The summed E-state index contributed by atoms with van der Waals surface area (Å²) in [5.41, 5.74) is 0. The highest BCUT2D eigenvalue weighted by Gasteiger charge is 2.16. The van der Waals surface area contributed by atoms with E-state index in [2.05, 4.69) is 62.5 Å². The van der Waals surface area contributed by atoms with Crippen molar-refractivity contribution in [3.05, 3.63) is 48.6 Å². The van der Waals surface area contributed by atoms with Gasteiger partial charge in [0, 0.05) is 12.8 Å². The minimum absolute atomic E-state index is 0.0771. The third-order valence-corrected chi connectivity index (χ3v) is 8.11. The van der Waals surface area contributed by atoms with E-state index in [1.165, 1.54) is 83.5 Å². The SMILES string of the molecule is CC/C=C\C/C=C\C/C=C\CCCCCCCC(=O)OC[C@H](CO)OC(=O)CCCCCCCCC/C=C\CCCCCCCC. The van der Waals surface area contributed by atoms with Gasteiger partial charge in [-0.2, -0.15) is 0 Å². The van der Waals surface area contributed by atoms with Crippen molar-refractivity contribution >= 4 is 11.9 Å². The smallest absolute Gasteiger partial charge is 0.306 e. The average molecular weight is 645 g/mol. The maximum absolute atomic E-state index is 12.2. The van der Waals surface area contributed by atoms with E-state index in [0.717, 1.165) is 70.6 Å². The van der Waals surface area contributed by atoms with Crippen molar-refractivity contribution in [3.63, 3.8) is 0 Å². The lowest BCUT2D eigenvalue weighted by atomic mass is 10.1. The molecule has 0 heterocycles. The van der Waals surface area contributed by atoms with Gasteiger partial charge in [-0.25, -0.2) is 0 Å². The second kappa shape index (κ2) is 37.3. The molecule has 0 aliphatic carbocycles. The van der Waals surface area contributed by atoms with Crippen LogP contribution in [0.1, 0.15) is 181 Å². The van der Waals surface area contributed by atoms with Crippen LogP contribution in [0.25, 0.3) is 0 Å². The lowest BCUT2D eigenvalue weighted by molar-refractivity contribution is -0.161. The summed E-state index contributed by atoms with van der Waals surface area (Å²) < 4.78 is 10.6. The first-order valence-electron chi connectivity index (χ1n) is 19.2. The highest BCUT2D eigenvalue weighted by molar-refractivity contribution is 5.70. The van der Waals surface area contributed by atoms with Crippen LogP contribution in [0.4, 0.5) is 0 Å². The third-order valence-electron chi connectivity index (χ3n) is 8.11. The summed E-state index contributed by atoms with van der Waals surface area (Å²) in [7, 11) is 0. The van der Waals surface area contributed by atoms with Crippen LogP contribution in [0.2, 0.25) is 0 Å². The molecule has 0 bridgehead atoms. The molecular formula is C41H72O5. The van der Waals surface area contributed by atoms with Crippen molar-refractivity contribution in [2.45, 2.75) is 187 Å². The van der Waals surface area contributed by atoms with Gasteiger partial charge in [-0.1, -0.05) is 146 Å². The zero-order valence-corrected chi connectivity index (χ0v) is 30.1. The van der Waals surface area contributed by atoms with Gasteiger partial charge < -0.3 is 14.6 Å². The fraction of sp³-hybridized carbons (Fsp3) is 0.756. The summed E-state index contributed by atoms with van der Waals surface area (Å²) in [5, 5.41) is 9.54. The fourth-order valence-electron chi connectivity index (χ4n) is 5.21. The van der Waals surface area contributed by atoms with Crippen molar-refractivity contribution in [3.8, 4) is 0 Å². The van der Waals surface area contributed by atoms with E-state index in [9.17, 15) is 14.7 Å². The van der Waals surface area contributed by atoms with Gasteiger partial charge in [0.1, 0.15) is 6.61 Å². The van der Waals surface area contributed by atoms with Gasteiger partial charge >= 0.3 is 11.9 Å². The molecule has 0 radical (unpaired) electrons. The number of carbonyl (C=O) groups excluding carboxylic acids is 2. The van der Waals surface area contributed by atoms with Gasteiger partial charge in [0.25, 0.3) is 0 Å². The number of carbonyl (C=O) groups is 2. The molecule has 0 saturated carbocycles. The molecule has 0 fully saturated rings. The van der Waals surface area contributed by atoms with Crippen LogP contribution in [0.3, 0.4) is 0 Å². The number of allylic oxidation sites excluding steroid dienone is 8. The van der Waals surface area contributed by atoms with Crippen LogP contribution in [0, 0.1) is 0 Å². The highest BCUT2D eigenvalue weighted by atomic mass is 16.6. The second-order valence-corrected chi connectivity index (χ2v) is 12.6. The molecule has 0 aliphatic heterocycles. The number of aliphatic hydroxyl groups excluding tert-OH is 1. The van der Waals surface area contributed by atoms with Crippen LogP contribution < -0.4 is 0 Å². The van der Waals surface area contributed by atoms with E-state index in [1.807, 2.05) is 0 Å². The molecule has 5 nitrogen and oxygen atoms in total. The number of unbranched alkanes of at least 4 members (excludes halogenated alkanes) is 18. The van der Waals surface area contributed by atoms with Crippen LogP contribution in [-0.2, 0) is 19.1 Å². The Morgan fingerprint density at radius 2 is 0.935 bits per heavy atom. The average Bonchev–Trinajstić information content (AvgIpc) is 3.06. The first-order valence-corrected chi connectivity index (χ1v) is 19.2. The lowest BCUT2D eigenvalue weighted by Gasteiger charge is -2.15. The van der Waals surface area contributed by atoms with E-state index in [0.29, 0.717) is 12.8 Å². The molecule has 46 heavy (non-hydrogen) atoms. The standard InChI is InChI=1S/C41H72O5/c1-3-5-7-9-11-13-15-17-19-20-22-24-26-28-30-32-34-36-41(44)46-39(37-42)38-45-40(43)35-33-31-29-27-25-23-21-18-16-14-12-10-8-6-4-2/h6,8,12,14,17-19,21,39,42H,3-5,7,9-11,13,15-16,20,22-38H2,1-2H3/b8-6-,14-12-,19-17-,21-18-/t39-/m0/s1.